The van der Waals surface area contributed by atoms with E-state index in [2.05, 4.69) is 59.2 Å². The van der Waals surface area contributed by atoms with E-state index in [4.69, 9.17) is 9.97 Å². The number of anilines is 2. The van der Waals surface area contributed by atoms with Crippen LogP contribution in [0.2, 0.25) is 0 Å². The topological polar surface area (TPSA) is 79.7 Å². The van der Waals surface area contributed by atoms with Gasteiger partial charge in [0.05, 0.1) is 11.4 Å². The standard InChI is InChI=1S/C27H33N7/c1-18-25(24-19(2)33-34(5)20(24)3)31-27(32-26(18)30-23-12-7-6-8-13-23)22-11-9-10-21(16-22)17-29-15-14-28-4/h6-13,16,28-29H,14-15,17H2,1-5H3,(H,30,31,32). The third-order valence-electron chi connectivity index (χ3n) is 5.99. The van der Waals surface area contributed by atoms with Crippen LogP contribution in [0.1, 0.15) is 22.5 Å². The van der Waals surface area contributed by atoms with E-state index in [0.717, 1.165) is 64.9 Å². The number of rotatable bonds is 9. The number of aryl methyl sites for hydroxylation is 2. The van der Waals surface area contributed by atoms with Crippen molar-refractivity contribution in [3.05, 3.63) is 77.1 Å². The fourth-order valence-corrected chi connectivity index (χ4v) is 4.05. The van der Waals surface area contributed by atoms with Gasteiger partial charge in [-0.15, -0.1) is 0 Å². The molecule has 0 saturated heterocycles. The number of aromatic nitrogens is 4. The second kappa shape index (κ2) is 10.6. The zero-order chi connectivity index (χ0) is 24.1. The van der Waals surface area contributed by atoms with Crippen LogP contribution in [-0.2, 0) is 13.6 Å². The first-order chi connectivity index (χ1) is 16.5. The summed E-state index contributed by atoms with van der Waals surface area (Å²) in [6.07, 6.45) is 0. The Morgan fingerprint density at radius 3 is 2.41 bits per heavy atom. The number of likely N-dealkylation sites (N-methyl/N-ethyl adjacent to an activating group) is 1. The summed E-state index contributed by atoms with van der Waals surface area (Å²) in [5.41, 5.74) is 8.18. The number of nitrogens with zero attached hydrogens (tertiary/aromatic N) is 4. The molecule has 34 heavy (non-hydrogen) atoms. The molecule has 0 atom stereocenters. The van der Waals surface area contributed by atoms with Crippen molar-refractivity contribution in [2.75, 3.05) is 25.5 Å². The summed E-state index contributed by atoms with van der Waals surface area (Å²) in [6, 6.07) is 18.5. The smallest absolute Gasteiger partial charge is 0.162 e. The normalized spacial score (nSPS) is 11.1. The molecule has 2 aromatic carbocycles. The Morgan fingerprint density at radius 2 is 1.71 bits per heavy atom. The second-order valence-electron chi connectivity index (χ2n) is 8.51. The number of para-hydroxylation sites is 1. The van der Waals surface area contributed by atoms with E-state index in [9.17, 15) is 0 Å². The van der Waals surface area contributed by atoms with Gasteiger partial charge in [-0.05, 0) is 51.6 Å². The van der Waals surface area contributed by atoms with Gasteiger partial charge in [-0.3, -0.25) is 4.68 Å². The molecular weight excluding hydrogens is 422 g/mol. The molecule has 4 rings (SSSR count). The molecule has 0 aliphatic rings. The Bertz CT molecular complexity index is 1260. The van der Waals surface area contributed by atoms with Crippen LogP contribution in [0.15, 0.2) is 54.6 Å². The molecule has 0 bridgehead atoms. The highest BCUT2D eigenvalue weighted by atomic mass is 15.3. The highest BCUT2D eigenvalue weighted by molar-refractivity contribution is 5.76. The van der Waals surface area contributed by atoms with Crippen molar-refractivity contribution in [1.82, 2.24) is 30.4 Å². The van der Waals surface area contributed by atoms with Crippen molar-refractivity contribution in [2.24, 2.45) is 7.05 Å². The molecule has 0 amide bonds. The van der Waals surface area contributed by atoms with Gasteiger partial charge in [-0.1, -0.05) is 36.4 Å². The molecule has 2 heterocycles. The first kappa shape index (κ1) is 23.6. The Hall–Kier alpha value is -3.55. The van der Waals surface area contributed by atoms with E-state index in [1.807, 2.05) is 56.0 Å². The summed E-state index contributed by atoms with van der Waals surface area (Å²) < 4.78 is 1.91. The molecule has 2 aromatic heterocycles. The lowest BCUT2D eigenvalue weighted by Gasteiger charge is -2.15. The van der Waals surface area contributed by atoms with Crippen LogP contribution in [0.4, 0.5) is 11.5 Å². The molecule has 7 heteroatoms. The minimum absolute atomic E-state index is 0.693. The molecule has 0 aliphatic heterocycles. The SMILES string of the molecule is CNCCNCc1cccc(-c2nc(Nc3ccccc3)c(C)c(-c3c(C)nn(C)c3C)n2)c1. The molecule has 4 aromatic rings. The summed E-state index contributed by atoms with van der Waals surface area (Å²) in [5.74, 6) is 1.49. The molecule has 0 aliphatic carbocycles. The van der Waals surface area contributed by atoms with Gasteiger partial charge in [0.2, 0.25) is 0 Å². The fourth-order valence-electron chi connectivity index (χ4n) is 4.05. The lowest BCUT2D eigenvalue weighted by atomic mass is 10.0. The van der Waals surface area contributed by atoms with Gasteiger partial charge in [-0.2, -0.15) is 5.10 Å². The maximum atomic E-state index is 5.07. The summed E-state index contributed by atoms with van der Waals surface area (Å²) in [7, 11) is 3.93. The number of hydrogen-bond acceptors (Lipinski definition) is 6. The maximum Gasteiger partial charge on any atom is 0.162 e. The van der Waals surface area contributed by atoms with Crippen molar-refractivity contribution >= 4 is 11.5 Å². The van der Waals surface area contributed by atoms with E-state index >= 15 is 0 Å². The van der Waals surface area contributed by atoms with Crippen LogP contribution < -0.4 is 16.0 Å². The molecule has 0 unspecified atom stereocenters. The van der Waals surface area contributed by atoms with Crippen molar-refractivity contribution in [3.8, 4) is 22.6 Å². The van der Waals surface area contributed by atoms with Gasteiger partial charge < -0.3 is 16.0 Å². The maximum absolute atomic E-state index is 5.07. The van der Waals surface area contributed by atoms with Gasteiger partial charge in [-0.25, -0.2) is 9.97 Å². The van der Waals surface area contributed by atoms with Gasteiger partial charge >= 0.3 is 0 Å². The molecule has 7 nitrogen and oxygen atoms in total. The quantitative estimate of drug-likeness (QED) is 0.322. The van der Waals surface area contributed by atoms with E-state index in [0.29, 0.717) is 5.82 Å². The monoisotopic (exact) mass is 455 g/mol. The summed E-state index contributed by atoms with van der Waals surface area (Å²) >= 11 is 0. The van der Waals surface area contributed by atoms with Crippen LogP contribution in [-0.4, -0.2) is 39.9 Å². The third kappa shape index (κ3) is 5.16. The Morgan fingerprint density at radius 1 is 0.912 bits per heavy atom. The zero-order valence-corrected chi connectivity index (χ0v) is 20.6. The predicted octanol–water partition coefficient (Wildman–Crippen LogP) is 4.52. The number of benzene rings is 2. The number of hydrogen-bond donors (Lipinski definition) is 3. The molecule has 0 saturated carbocycles. The van der Waals surface area contributed by atoms with Crippen LogP contribution in [0, 0.1) is 20.8 Å². The van der Waals surface area contributed by atoms with Crippen molar-refractivity contribution in [3.63, 3.8) is 0 Å². The average molecular weight is 456 g/mol. The van der Waals surface area contributed by atoms with Gasteiger partial charge in [0.25, 0.3) is 0 Å². The molecule has 176 valence electrons. The van der Waals surface area contributed by atoms with Gasteiger partial charge in [0.1, 0.15) is 5.82 Å². The van der Waals surface area contributed by atoms with E-state index in [1.165, 1.54) is 5.56 Å². The fraction of sp³-hybridized carbons (Fsp3) is 0.296. The van der Waals surface area contributed by atoms with Crippen LogP contribution in [0.5, 0.6) is 0 Å². The van der Waals surface area contributed by atoms with Crippen molar-refractivity contribution < 1.29 is 0 Å². The lowest BCUT2D eigenvalue weighted by Crippen LogP contribution is -2.24. The summed E-state index contributed by atoms with van der Waals surface area (Å²) in [5, 5.41) is 14.8. The minimum atomic E-state index is 0.693. The third-order valence-corrected chi connectivity index (χ3v) is 5.99. The van der Waals surface area contributed by atoms with Crippen molar-refractivity contribution in [1.29, 1.82) is 0 Å². The summed E-state index contributed by atoms with van der Waals surface area (Å²) in [6.45, 7) is 8.82. The number of nitrogens with one attached hydrogen (secondary N) is 3. The second-order valence-corrected chi connectivity index (χ2v) is 8.51. The Labute approximate surface area is 201 Å². The molecule has 0 fully saturated rings. The van der Waals surface area contributed by atoms with E-state index in [-0.39, 0.29) is 0 Å². The largest absolute Gasteiger partial charge is 0.340 e. The van der Waals surface area contributed by atoms with Crippen LogP contribution in [0.3, 0.4) is 0 Å². The summed E-state index contributed by atoms with van der Waals surface area (Å²) in [4.78, 5) is 10.0. The Balaban J connectivity index is 1.79. The first-order valence-electron chi connectivity index (χ1n) is 11.6. The highest BCUT2D eigenvalue weighted by Gasteiger charge is 2.20. The van der Waals surface area contributed by atoms with E-state index in [1.54, 1.807) is 0 Å². The molecular formula is C27H33N7. The zero-order valence-electron chi connectivity index (χ0n) is 20.6. The van der Waals surface area contributed by atoms with Crippen molar-refractivity contribution in [2.45, 2.75) is 27.3 Å². The first-order valence-corrected chi connectivity index (χ1v) is 11.6. The Kier molecular flexibility index (Phi) is 7.35. The predicted molar refractivity (Wildman–Crippen MR) is 139 cm³/mol. The van der Waals surface area contributed by atoms with E-state index < -0.39 is 0 Å². The average Bonchev–Trinajstić information content (AvgIpc) is 3.10. The van der Waals surface area contributed by atoms with Gasteiger partial charge in [0.15, 0.2) is 5.82 Å². The minimum Gasteiger partial charge on any atom is -0.340 e. The molecule has 0 radical (unpaired) electrons. The van der Waals surface area contributed by atoms with Crippen LogP contribution in [0.25, 0.3) is 22.6 Å². The molecule has 3 N–H and O–H groups in total. The lowest BCUT2D eigenvalue weighted by molar-refractivity contribution is 0.651. The highest BCUT2D eigenvalue weighted by Crippen LogP contribution is 2.34. The van der Waals surface area contributed by atoms with Crippen LogP contribution >= 0.6 is 0 Å². The molecule has 0 spiro atoms. The van der Waals surface area contributed by atoms with Gasteiger partial charge in [0, 0.05) is 54.8 Å².